The molecule has 2 aliphatic heterocycles. The number of nitrogens with one attached hydrogen (secondary N) is 2. The molecule has 0 radical (unpaired) electrons. The predicted molar refractivity (Wildman–Crippen MR) is 202 cm³/mol. The Balaban J connectivity index is 0.000000130. The van der Waals surface area contributed by atoms with E-state index < -0.39 is 0 Å². The highest BCUT2D eigenvalue weighted by molar-refractivity contribution is 6.32. The summed E-state index contributed by atoms with van der Waals surface area (Å²) in [6, 6.07) is 51.4. The quantitative estimate of drug-likeness (QED) is 0.132. The maximum Gasteiger partial charge on any atom is 0.0737 e. The molecule has 4 heteroatoms. The van der Waals surface area contributed by atoms with E-state index in [0.717, 1.165) is 56.0 Å². The second kappa shape index (κ2) is 10.5. The molecule has 9 aromatic rings. The van der Waals surface area contributed by atoms with Gasteiger partial charge in [0.1, 0.15) is 0 Å². The van der Waals surface area contributed by atoms with E-state index in [-0.39, 0.29) is 0 Å². The van der Waals surface area contributed by atoms with E-state index in [4.69, 9.17) is 9.97 Å². The fourth-order valence-electron chi connectivity index (χ4n) is 7.35. The van der Waals surface area contributed by atoms with Gasteiger partial charge in [0.2, 0.25) is 0 Å². The maximum atomic E-state index is 4.90. The van der Waals surface area contributed by atoms with Crippen molar-refractivity contribution < 1.29 is 0 Å². The maximum absolute atomic E-state index is 4.90. The third kappa shape index (κ3) is 4.38. The second-order valence-corrected chi connectivity index (χ2v) is 12.5. The number of aromatic nitrogens is 4. The van der Waals surface area contributed by atoms with Crippen LogP contribution in [0.3, 0.4) is 0 Å². The van der Waals surface area contributed by atoms with Gasteiger partial charge in [-0.15, -0.1) is 0 Å². The number of nitrogens with zero attached hydrogens (tertiary/aromatic N) is 2. The molecule has 0 amide bonds. The highest BCUT2D eigenvalue weighted by Crippen LogP contribution is 2.40. The standard InChI is InChI=1S/C24H16N4.C20H12/c1-2-4-22-21(3-1)23-13-19-9-7-17(26-19)11-15-5-6-16(25-15)12-18-8-10-20(27-18)14-24(22)28-23;1-5-13-6-2-11-17-18-12-4-8-14-7-3-10-16(20(14)18)15(9-1)19(13)17/h1-14,25-26H;1-12H. The Labute approximate surface area is 276 Å². The molecule has 48 heavy (non-hydrogen) atoms. The number of rotatable bonds is 0. The van der Waals surface area contributed by atoms with Crippen LogP contribution in [0.4, 0.5) is 0 Å². The van der Waals surface area contributed by atoms with Gasteiger partial charge in [-0.05, 0) is 104 Å². The van der Waals surface area contributed by atoms with E-state index >= 15 is 0 Å². The topological polar surface area (TPSA) is 57.4 Å². The van der Waals surface area contributed by atoms with E-state index in [2.05, 4.69) is 156 Å². The lowest BCUT2D eigenvalue weighted by molar-refractivity contribution is 1.31. The van der Waals surface area contributed by atoms with E-state index in [1.54, 1.807) is 0 Å². The van der Waals surface area contributed by atoms with Crippen LogP contribution >= 0.6 is 0 Å². The molecule has 5 heterocycles. The van der Waals surface area contributed by atoms with Crippen molar-refractivity contribution in [3.8, 4) is 22.5 Å². The fourth-order valence-corrected chi connectivity index (χ4v) is 7.35. The average Bonchev–Trinajstić information content (AvgIpc) is 3.93. The molecule has 2 aliphatic rings. The van der Waals surface area contributed by atoms with Gasteiger partial charge in [-0.2, -0.15) is 0 Å². The Morgan fingerprint density at radius 3 is 1.31 bits per heavy atom. The van der Waals surface area contributed by atoms with Crippen molar-refractivity contribution in [2.75, 3.05) is 0 Å². The van der Waals surface area contributed by atoms with Gasteiger partial charge in [0, 0.05) is 33.2 Å². The van der Waals surface area contributed by atoms with Crippen molar-refractivity contribution in [2.24, 2.45) is 0 Å². The molecule has 8 bridgehead atoms. The van der Waals surface area contributed by atoms with Crippen LogP contribution in [0.25, 0.3) is 99.8 Å². The molecular formula is C44H28N4. The zero-order valence-electron chi connectivity index (χ0n) is 25.9. The van der Waals surface area contributed by atoms with Gasteiger partial charge in [-0.25, -0.2) is 9.97 Å². The summed E-state index contributed by atoms with van der Waals surface area (Å²) >= 11 is 0. The molecule has 0 saturated heterocycles. The van der Waals surface area contributed by atoms with E-state index in [9.17, 15) is 0 Å². The van der Waals surface area contributed by atoms with Crippen LogP contribution in [0, 0.1) is 0 Å². The molecular weight excluding hydrogens is 585 g/mol. The molecule has 3 aromatic heterocycles. The summed E-state index contributed by atoms with van der Waals surface area (Å²) in [6.07, 6.45) is 4.06. The summed E-state index contributed by atoms with van der Waals surface area (Å²) in [7, 11) is 0. The van der Waals surface area contributed by atoms with Crippen LogP contribution in [0.1, 0.15) is 11.4 Å². The third-order valence-corrected chi connectivity index (χ3v) is 9.45. The summed E-state index contributed by atoms with van der Waals surface area (Å²) in [5.74, 6) is 0. The minimum absolute atomic E-state index is 0.911. The number of hydrogen-bond donors (Lipinski definition) is 2. The molecule has 4 nitrogen and oxygen atoms in total. The summed E-state index contributed by atoms with van der Waals surface area (Å²) in [5, 5.41) is 10.9. The van der Waals surface area contributed by atoms with Crippen molar-refractivity contribution >= 4 is 77.3 Å². The average molecular weight is 613 g/mol. The molecule has 0 fully saturated rings. The van der Waals surface area contributed by atoms with Crippen molar-refractivity contribution in [1.82, 2.24) is 19.9 Å². The van der Waals surface area contributed by atoms with E-state index in [0.29, 0.717) is 0 Å². The van der Waals surface area contributed by atoms with E-state index in [1.807, 2.05) is 12.2 Å². The zero-order chi connectivity index (χ0) is 31.6. The molecule has 0 aliphatic carbocycles. The molecule has 0 unspecified atom stereocenters. The molecule has 0 saturated carbocycles. The third-order valence-electron chi connectivity index (χ3n) is 9.45. The Kier molecular flexibility index (Phi) is 5.84. The minimum Gasteiger partial charge on any atom is -0.355 e. The van der Waals surface area contributed by atoms with Crippen molar-refractivity contribution in [3.63, 3.8) is 0 Å². The summed E-state index contributed by atoms with van der Waals surface area (Å²) in [4.78, 5) is 16.5. The van der Waals surface area contributed by atoms with Gasteiger partial charge in [-0.1, -0.05) is 97.1 Å². The fraction of sp³-hybridized carbons (Fsp3) is 0. The Morgan fingerprint density at radius 2 is 0.792 bits per heavy atom. The van der Waals surface area contributed by atoms with Gasteiger partial charge in [0.15, 0.2) is 0 Å². The van der Waals surface area contributed by atoms with Gasteiger partial charge < -0.3 is 9.97 Å². The lowest BCUT2D eigenvalue weighted by atomic mass is 9.90. The van der Waals surface area contributed by atoms with Gasteiger partial charge in [-0.3, -0.25) is 0 Å². The summed E-state index contributed by atoms with van der Waals surface area (Å²) < 4.78 is 0. The van der Waals surface area contributed by atoms with Crippen molar-refractivity contribution in [2.45, 2.75) is 0 Å². The van der Waals surface area contributed by atoms with Crippen molar-refractivity contribution in [3.05, 3.63) is 157 Å². The number of benzene rings is 6. The van der Waals surface area contributed by atoms with Crippen LogP contribution in [0.5, 0.6) is 0 Å². The first-order valence-corrected chi connectivity index (χ1v) is 16.2. The van der Waals surface area contributed by atoms with Crippen LogP contribution in [-0.2, 0) is 0 Å². The zero-order valence-corrected chi connectivity index (χ0v) is 25.9. The van der Waals surface area contributed by atoms with Crippen LogP contribution in [0.15, 0.2) is 146 Å². The number of aromatic amines is 2. The lowest BCUT2D eigenvalue weighted by Crippen LogP contribution is -1.85. The van der Waals surface area contributed by atoms with Crippen molar-refractivity contribution in [1.29, 1.82) is 0 Å². The highest BCUT2D eigenvalue weighted by Gasteiger charge is 2.16. The van der Waals surface area contributed by atoms with Crippen LogP contribution < -0.4 is 0 Å². The minimum atomic E-state index is 0.911. The lowest BCUT2D eigenvalue weighted by Gasteiger charge is -2.13. The molecule has 11 rings (SSSR count). The first-order valence-electron chi connectivity index (χ1n) is 16.2. The Bertz CT molecular complexity index is 2740. The summed E-state index contributed by atoms with van der Waals surface area (Å²) in [6.45, 7) is 0. The summed E-state index contributed by atoms with van der Waals surface area (Å²) in [5.41, 5.74) is 10.2. The SMILES string of the molecule is C1=Cc2cc3ccc(cc4ccc(cc5nc(cc1n2)-c1ccccc1-5)[nH]4)[nH]3.c1cc2cccc3c4cccc5cccc(c(c1)c23)c54. The van der Waals surface area contributed by atoms with Gasteiger partial charge >= 0.3 is 0 Å². The largest absolute Gasteiger partial charge is 0.355 e. The van der Waals surface area contributed by atoms with Crippen LogP contribution in [0.2, 0.25) is 0 Å². The van der Waals surface area contributed by atoms with Crippen LogP contribution in [-0.4, -0.2) is 19.9 Å². The monoisotopic (exact) mass is 612 g/mol. The predicted octanol–water partition coefficient (Wildman–Crippen LogP) is 11.6. The number of fused-ring (bicyclic) bond motifs is 13. The molecule has 6 aromatic carbocycles. The Morgan fingerprint density at radius 1 is 0.354 bits per heavy atom. The highest BCUT2D eigenvalue weighted by atomic mass is 14.8. The van der Waals surface area contributed by atoms with E-state index in [1.165, 1.54) is 43.1 Å². The van der Waals surface area contributed by atoms with Gasteiger partial charge in [0.05, 0.1) is 22.8 Å². The molecule has 2 N–H and O–H groups in total. The first-order chi connectivity index (χ1) is 23.7. The molecule has 0 spiro atoms. The molecule has 224 valence electrons. The molecule has 0 atom stereocenters. The normalized spacial score (nSPS) is 12.1. The number of H-pyrrole nitrogens is 2. The smallest absolute Gasteiger partial charge is 0.0737 e. The first kappa shape index (κ1) is 26.7. The number of hydrogen-bond acceptors (Lipinski definition) is 2. The second-order valence-electron chi connectivity index (χ2n) is 12.5. The Hall–Kier alpha value is -6.52. The van der Waals surface area contributed by atoms with Gasteiger partial charge in [0.25, 0.3) is 0 Å².